The van der Waals surface area contributed by atoms with E-state index < -0.39 is 9.84 Å². The molecule has 112 valence electrons. The maximum Gasteiger partial charge on any atom is 0.315 e. The highest BCUT2D eigenvalue weighted by Gasteiger charge is 2.28. The zero-order valence-corrected chi connectivity index (χ0v) is 12.3. The van der Waals surface area contributed by atoms with Gasteiger partial charge in [0.05, 0.1) is 17.7 Å². The van der Waals surface area contributed by atoms with Crippen molar-refractivity contribution in [3.8, 4) is 0 Å². The number of nitrogens with one attached hydrogen (secondary N) is 3. The van der Waals surface area contributed by atoms with Crippen LogP contribution in [0.3, 0.4) is 0 Å². The van der Waals surface area contributed by atoms with Crippen molar-refractivity contribution in [2.24, 2.45) is 0 Å². The van der Waals surface area contributed by atoms with Gasteiger partial charge in [-0.25, -0.2) is 13.2 Å². The van der Waals surface area contributed by atoms with Crippen molar-refractivity contribution in [1.82, 2.24) is 20.8 Å². The molecule has 2 heterocycles. The fourth-order valence-corrected chi connectivity index (χ4v) is 3.93. The SMILES string of the molecule is Cc1[nH]ncc1CCCNC(=O)NC1CCS(=O)(=O)C1. The van der Waals surface area contributed by atoms with Crippen LogP contribution in [-0.4, -0.2) is 48.7 Å². The molecule has 3 N–H and O–H groups in total. The molecule has 1 unspecified atom stereocenters. The second-order valence-electron chi connectivity index (χ2n) is 5.12. The molecule has 8 heteroatoms. The summed E-state index contributed by atoms with van der Waals surface area (Å²) in [7, 11) is -2.95. The van der Waals surface area contributed by atoms with Crippen molar-refractivity contribution in [2.45, 2.75) is 32.2 Å². The van der Waals surface area contributed by atoms with Crippen LogP contribution in [0.2, 0.25) is 0 Å². The first-order valence-corrected chi connectivity index (χ1v) is 8.52. The lowest BCUT2D eigenvalue weighted by molar-refractivity contribution is 0.238. The molecule has 1 aliphatic heterocycles. The van der Waals surface area contributed by atoms with Crippen molar-refractivity contribution in [3.63, 3.8) is 0 Å². The Morgan fingerprint density at radius 3 is 2.95 bits per heavy atom. The normalized spacial score (nSPS) is 20.8. The smallest absolute Gasteiger partial charge is 0.315 e. The number of aromatic amines is 1. The summed E-state index contributed by atoms with van der Waals surface area (Å²) >= 11 is 0. The Hall–Kier alpha value is -1.57. The van der Waals surface area contributed by atoms with E-state index in [0.717, 1.165) is 24.1 Å². The number of rotatable bonds is 5. The zero-order chi connectivity index (χ0) is 14.6. The predicted molar refractivity (Wildman–Crippen MR) is 75.2 cm³/mol. The molecular formula is C12H20N4O3S. The lowest BCUT2D eigenvalue weighted by Crippen LogP contribution is -2.43. The van der Waals surface area contributed by atoms with E-state index in [1.165, 1.54) is 0 Å². The molecule has 0 aromatic carbocycles. The Morgan fingerprint density at radius 1 is 1.55 bits per heavy atom. The largest absolute Gasteiger partial charge is 0.338 e. The maximum atomic E-state index is 11.6. The summed E-state index contributed by atoms with van der Waals surface area (Å²) in [5, 5.41) is 12.2. The van der Waals surface area contributed by atoms with Crippen LogP contribution in [0.4, 0.5) is 4.79 Å². The fraction of sp³-hybridized carbons (Fsp3) is 0.667. The van der Waals surface area contributed by atoms with Gasteiger partial charge in [0.2, 0.25) is 0 Å². The average Bonchev–Trinajstić information content (AvgIpc) is 2.91. The summed E-state index contributed by atoms with van der Waals surface area (Å²) in [5.74, 6) is 0.215. The van der Waals surface area contributed by atoms with E-state index in [2.05, 4.69) is 20.8 Å². The van der Waals surface area contributed by atoms with Crippen molar-refractivity contribution < 1.29 is 13.2 Å². The second kappa shape index (κ2) is 6.25. The van der Waals surface area contributed by atoms with Crippen LogP contribution >= 0.6 is 0 Å². The van der Waals surface area contributed by atoms with Gasteiger partial charge in [0.1, 0.15) is 0 Å². The molecule has 0 saturated carbocycles. The van der Waals surface area contributed by atoms with Crippen LogP contribution in [0.15, 0.2) is 6.20 Å². The Morgan fingerprint density at radius 2 is 2.35 bits per heavy atom. The first-order valence-electron chi connectivity index (χ1n) is 6.70. The number of amides is 2. The standard InChI is InChI=1S/C12H20N4O3S/c1-9-10(7-14-16-9)3-2-5-13-12(17)15-11-4-6-20(18,19)8-11/h7,11H,2-6,8H2,1H3,(H,14,16)(H2,13,15,17). The number of sulfone groups is 1. The van der Waals surface area contributed by atoms with Crippen LogP contribution in [0, 0.1) is 6.92 Å². The average molecular weight is 300 g/mol. The molecule has 1 aromatic heterocycles. The number of carbonyl (C=O) groups is 1. The van der Waals surface area contributed by atoms with Gasteiger partial charge in [-0.05, 0) is 31.7 Å². The van der Waals surface area contributed by atoms with Gasteiger partial charge in [0, 0.05) is 18.3 Å². The number of hydrogen-bond acceptors (Lipinski definition) is 4. The third-order valence-corrected chi connectivity index (χ3v) is 5.18. The molecule has 1 aliphatic rings. The third-order valence-electron chi connectivity index (χ3n) is 3.41. The minimum absolute atomic E-state index is 0.0502. The van der Waals surface area contributed by atoms with Gasteiger partial charge in [0.15, 0.2) is 9.84 Å². The number of nitrogens with zero attached hydrogens (tertiary/aromatic N) is 1. The minimum atomic E-state index is -2.95. The van der Waals surface area contributed by atoms with E-state index in [1.807, 2.05) is 6.92 Å². The van der Waals surface area contributed by atoms with Crippen LogP contribution in [0.1, 0.15) is 24.1 Å². The van der Waals surface area contributed by atoms with Gasteiger partial charge in [-0.3, -0.25) is 5.10 Å². The van der Waals surface area contributed by atoms with Gasteiger partial charge in [-0.15, -0.1) is 0 Å². The Balaban J connectivity index is 1.62. The van der Waals surface area contributed by atoms with Crippen molar-refractivity contribution in [3.05, 3.63) is 17.5 Å². The summed E-state index contributed by atoms with van der Waals surface area (Å²) < 4.78 is 22.5. The number of urea groups is 1. The van der Waals surface area contributed by atoms with Crippen molar-refractivity contribution >= 4 is 15.9 Å². The van der Waals surface area contributed by atoms with Crippen LogP contribution < -0.4 is 10.6 Å². The highest BCUT2D eigenvalue weighted by Crippen LogP contribution is 2.10. The molecule has 0 radical (unpaired) electrons. The van der Waals surface area contributed by atoms with Crippen LogP contribution in [-0.2, 0) is 16.3 Å². The molecule has 1 fully saturated rings. The molecule has 0 spiro atoms. The molecule has 1 saturated heterocycles. The molecule has 0 aliphatic carbocycles. The minimum Gasteiger partial charge on any atom is -0.338 e. The van der Waals surface area contributed by atoms with E-state index in [4.69, 9.17) is 0 Å². The number of carbonyl (C=O) groups excluding carboxylic acids is 1. The maximum absolute atomic E-state index is 11.6. The quantitative estimate of drug-likeness (QED) is 0.673. The second-order valence-corrected chi connectivity index (χ2v) is 7.35. The van der Waals surface area contributed by atoms with E-state index >= 15 is 0 Å². The molecule has 1 aromatic rings. The molecule has 20 heavy (non-hydrogen) atoms. The van der Waals surface area contributed by atoms with E-state index in [1.54, 1.807) is 6.20 Å². The van der Waals surface area contributed by atoms with Gasteiger partial charge >= 0.3 is 6.03 Å². The first kappa shape index (κ1) is 14.8. The van der Waals surface area contributed by atoms with Crippen molar-refractivity contribution in [2.75, 3.05) is 18.1 Å². The lowest BCUT2D eigenvalue weighted by atomic mass is 10.1. The Kier molecular flexibility index (Phi) is 4.64. The molecule has 2 amide bonds. The van der Waals surface area contributed by atoms with Gasteiger partial charge in [-0.1, -0.05) is 0 Å². The summed E-state index contributed by atoms with van der Waals surface area (Å²) in [6.45, 7) is 2.51. The van der Waals surface area contributed by atoms with E-state index in [0.29, 0.717) is 13.0 Å². The monoisotopic (exact) mass is 300 g/mol. The Labute approximate surface area is 118 Å². The topological polar surface area (TPSA) is 104 Å². The molecule has 2 rings (SSSR count). The summed E-state index contributed by atoms with van der Waals surface area (Å²) in [4.78, 5) is 11.6. The van der Waals surface area contributed by atoms with Crippen LogP contribution in [0.25, 0.3) is 0 Å². The van der Waals surface area contributed by atoms with Crippen molar-refractivity contribution in [1.29, 1.82) is 0 Å². The van der Waals surface area contributed by atoms with E-state index in [9.17, 15) is 13.2 Å². The van der Waals surface area contributed by atoms with E-state index in [-0.39, 0.29) is 23.6 Å². The van der Waals surface area contributed by atoms with Crippen LogP contribution in [0.5, 0.6) is 0 Å². The zero-order valence-electron chi connectivity index (χ0n) is 11.5. The molecule has 1 atom stereocenters. The highest BCUT2D eigenvalue weighted by atomic mass is 32.2. The molecule has 7 nitrogen and oxygen atoms in total. The predicted octanol–water partition coefficient (Wildman–Crippen LogP) is 0.137. The third kappa shape index (κ3) is 4.22. The lowest BCUT2D eigenvalue weighted by Gasteiger charge is -2.11. The number of hydrogen-bond donors (Lipinski definition) is 3. The molecule has 0 bridgehead atoms. The summed E-state index contributed by atoms with van der Waals surface area (Å²) in [6.07, 6.45) is 3.96. The first-order chi connectivity index (χ1) is 9.46. The summed E-state index contributed by atoms with van der Waals surface area (Å²) in [5.41, 5.74) is 2.19. The van der Waals surface area contributed by atoms with Gasteiger partial charge < -0.3 is 10.6 Å². The summed E-state index contributed by atoms with van der Waals surface area (Å²) in [6, 6.07) is -0.549. The number of aryl methyl sites for hydroxylation is 2. The fourth-order valence-electron chi connectivity index (χ4n) is 2.25. The highest BCUT2D eigenvalue weighted by molar-refractivity contribution is 7.91. The number of aromatic nitrogens is 2. The molecular weight excluding hydrogens is 280 g/mol. The van der Waals surface area contributed by atoms with Gasteiger partial charge in [0.25, 0.3) is 0 Å². The number of H-pyrrole nitrogens is 1. The Bertz CT molecular complexity index is 567. The van der Waals surface area contributed by atoms with Gasteiger partial charge in [-0.2, -0.15) is 5.10 Å².